The highest BCUT2D eigenvalue weighted by Crippen LogP contribution is 2.21. The Hall–Kier alpha value is -3.02. The van der Waals surface area contributed by atoms with E-state index in [-0.39, 0.29) is 24.9 Å². The van der Waals surface area contributed by atoms with Crippen LogP contribution in [0.2, 0.25) is 0 Å². The molecule has 2 aromatic rings. The Morgan fingerprint density at radius 3 is 2.07 bits per heavy atom. The van der Waals surface area contributed by atoms with Crippen LogP contribution in [-0.4, -0.2) is 31.7 Å². The summed E-state index contributed by atoms with van der Waals surface area (Å²) in [5.74, 6) is 0.673. The van der Waals surface area contributed by atoms with Crippen LogP contribution in [0.15, 0.2) is 48.5 Å². The highest BCUT2D eigenvalue weighted by molar-refractivity contribution is 5.79. The fourth-order valence-electron chi connectivity index (χ4n) is 2.81. The van der Waals surface area contributed by atoms with Gasteiger partial charge < -0.3 is 19.5 Å². The molecule has 0 heterocycles. The molecule has 0 radical (unpaired) electrons. The maximum absolute atomic E-state index is 12.4. The minimum atomic E-state index is -0.511. The number of ether oxygens (including phenoxy) is 3. The predicted molar refractivity (Wildman–Crippen MR) is 111 cm³/mol. The van der Waals surface area contributed by atoms with Gasteiger partial charge in [-0.15, -0.1) is 0 Å². The Bertz CT molecular complexity index is 771. The normalized spacial score (nSPS) is 11.4. The molecule has 0 unspecified atom stereocenters. The van der Waals surface area contributed by atoms with E-state index < -0.39 is 6.04 Å². The van der Waals surface area contributed by atoms with Gasteiger partial charge in [0.1, 0.15) is 11.5 Å². The molecule has 0 saturated carbocycles. The Kier molecular flexibility index (Phi) is 9.02. The summed E-state index contributed by atoms with van der Waals surface area (Å²) < 4.78 is 16.0. The average molecular weight is 399 g/mol. The number of hydrogen-bond acceptors (Lipinski definition) is 5. The van der Waals surface area contributed by atoms with Crippen LogP contribution in [0.1, 0.15) is 44.4 Å². The molecule has 2 aromatic carbocycles. The first-order chi connectivity index (χ1) is 14.0. The Morgan fingerprint density at radius 1 is 0.862 bits per heavy atom. The van der Waals surface area contributed by atoms with Crippen LogP contribution in [0.5, 0.6) is 11.5 Å². The Morgan fingerprint density at radius 2 is 1.48 bits per heavy atom. The fourth-order valence-corrected chi connectivity index (χ4v) is 2.81. The van der Waals surface area contributed by atoms with Crippen LogP contribution in [0, 0.1) is 0 Å². The van der Waals surface area contributed by atoms with Crippen molar-refractivity contribution in [2.45, 2.75) is 39.7 Å². The molecule has 0 fully saturated rings. The molecular formula is C23H29NO5. The summed E-state index contributed by atoms with van der Waals surface area (Å²) in [4.78, 5) is 24.4. The summed E-state index contributed by atoms with van der Waals surface area (Å²) in [6.07, 6.45) is 0.983. The highest BCUT2D eigenvalue weighted by Gasteiger charge is 2.20. The van der Waals surface area contributed by atoms with Crippen molar-refractivity contribution in [3.63, 3.8) is 0 Å². The highest BCUT2D eigenvalue weighted by atomic mass is 16.5. The van der Waals surface area contributed by atoms with Crippen molar-refractivity contribution in [2.24, 2.45) is 0 Å². The third-order valence-corrected chi connectivity index (χ3v) is 4.31. The number of carbonyl (C=O) groups is 2. The van der Waals surface area contributed by atoms with Gasteiger partial charge in [-0.2, -0.15) is 0 Å². The summed E-state index contributed by atoms with van der Waals surface area (Å²) >= 11 is 0. The van der Waals surface area contributed by atoms with E-state index in [2.05, 4.69) is 12.2 Å². The van der Waals surface area contributed by atoms with Crippen molar-refractivity contribution < 1.29 is 23.8 Å². The van der Waals surface area contributed by atoms with Crippen LogP contribution in [-0.2, 0) is 20.7 Å². The second-order valence-corrected chi connectivity index (χ2v) is 6.42. The number of nitrogens with one attached hydrogen (secondary N) is 1. The van der Waals surface area contributed by atoms with E-state index in [1.54, 1.807) is 6.92 Å². The Balaban J connectivity index is 2.00. The zero-order valence-electron chi connectivity index (χ0n) is 17.3. The molecule has 0 saturated heterocycles. The lowest BCUT2D eigenvalue weighted by Crippen LogP contribution is -2.34. The van der Waals surface area contributed by atoms with Crippen molar-refractivity contribution >= 4 is 11.9 Å². The number of hydrogen-bond donors (Lipinski definition) is 1. The lowest BCUT2D eigenvalue weighted by Gasteiger charge is -2.19. The van der Waals surface area contributed by atoms with Crippen molar-refractivity contribution in [1.29, 1.82) is 0 Å². The van der Waals surface area contributed by atoms with E-state index >= 15 is 0 Å². The first-order valence-corrected chi connectivity index (χ1v) is 9.95. The summed E-state index contributed by atoms with van der Waals surface area (Å²) in [6, 6.07) is 14.4. The maximum Gasteiger partial charge on any atom is 0.308 e. The van der Waals surface area contributed by atoms with E-state index in [4.69, 9.17) is 14.2 Å². The second-order valence-electron chi connectivity index (χ2n) is 6.42. The summed E-state index contributed by atoms with van der Waals surface area (Å²) in [7, 11) is 0. The quantitative estimate of drug-likeness (QED) is 0.581. The molecule has 0 aromatic heterocycles. The molecule has 29 heavy (non-hydrogen) atoms. The fraction of sp³-hybridized carbons (Fsp3) is 0.391. The van der Waals surface area contributed by atoms with Gasteiger partial charge in [-0.3, -0.25) is 9.59 Å². The lowest BCUT2D eigenvalue weighted by molar-refractivity contribution is -0.143. The third kappa shape index (κ3) is 7.49. The molecule has 0 spiro atoms. The predicted octanol–water partition coefficient (Wildman–Crippen LogP) is 3.84. The van der Waals surface area contributed by atoms with Crippen LogP contribution in [0.4, 0.5) is 0 Å². The number of carbonyl (C=O) groups excluding carboxylic acids is 2. The SMILES string of the molecule is CCOC(=O)C[C@H](NC(=O)COc1ccc(CC)cc1)c1ccc(OCC)cc1. The molecule has 2 rings (SSSR count). The van der Waals surface area contributed by atoms with E-state index in [1.807, 2.05) is 55.5 Å². The molecule has 0 aliphatic carbocycles. The van der Waals surface area contributed by atoms with E-state index in [0.29, 0.717) is 19.0 Å². The van der Waals surface area contributed by atoms with Gasteiger partial charge in [0.15, 0.2) is 6.61 Å². The minimum absolute atomic E-state index is 0.0404. The van der Waals surface area contributed by atoms with Crippen molar-refractivity contribution in [3.8, 4) is 11.5 Å². The number of benzene rings is 2. The van der Waals surface area contributed by atoms with Gasteiger partial charge in [-0.1, -0.05) is 31.2 Å². The van der Waals surface area contributed by atoms with Crippen LogP contribution >= 0.6 is 0 Å². The first-order valence-electron chi connectivity index (χ1n) is 9.95. The maximum atomic E-state index is 12.4. The molecule has 0 aliphatic rings. The van der Waals surface area contributed by atoms with E-state index in [1.165, 1.54) is 5.56 Å². The van der Waals surface area contributed by atoms with Crippen molar-refractivity contribution in [2.75, 3.05) is 19.8 Å². The zero-order chi connectivity index (χ0) is 21.1. The molecule has 6 heteroatoms. The van der Waals surface area contributed by atoms with Gasteiger partial charge in [0.25, 0.3) is 5.91 Å². The van der Waals surface area contributed by atoms with Gasteiger partial charge in [-0.25, -0.2) is 0 Å². The van der Waals surface area contributed by atoms with Crippen LogP contribution < -0.4 is 14.8 Å². The molecule has 0 bridgehead atoms. The summed E-state index contributed by atoms with van der Waals surface area (Å²) in [6.45, 7) is 6.46. The van der Waals surface area contributed by atoms with Gasteiger partial charge in [0, 0.05) is 0 Å². The van der Waals surface area contributed by atoms with Crippen LogP contribution in [0.3, 0.4) is 0 Å². The molecule has 1 N–H and O–H groups in total. The van der Waals surface area contributed by atoms with Gasteiger partial charge >= 0.3 is 5.97 Å². The smallest absolute Gasteiger partial charge is 0.308 e. The number of rotatable bonds is 11. The molecule has 1 amide bonds. The molecule has 6 nitrogen and oxygen atoms in total. The summed E-state index contributed by atoms with van der Waals surface area (Å²) in [5.41, 5.74) is 1.99. The topological polar surface area (TPSA) is 73.9 Å². The molecule has 0 aliphatic heterocycles. The van der Waals surface area contributed by atoms with Crippen molar-refractivity contribution in [3.05, 3.63) is 59.7 Å². The van der Waals surface area contributed by atoms with Gasteiger partial charge in [0.2, 0.25) is 0 Å². The standard InChI is InChI=1S/C23H29NO5/c1-4-17-7-11-20(12-8-17)29-16-22(25)24-21(15-23(26)28-6-3)18-9-13-19(14-10-18)27-5-2/h7-14,21H,4-6,15-16H2,1-3H3,(H,24,25)/t21-/m0/s1. The molecular weight excluding hydrogens is 370 g/mol. The van der Waals surface area contributed by atoms with E-state index in [0.717, 1.165) is 17.7 Å². The summed E-state index contributed by atoms with van der Waals surface area (Å²) in [5, 5.41) is 2.86. The number of esters is 1. The van der Waals surface area contributed by atoms with E-state index in [9.17, 15) is 9.59 Å². The first kappa shape index (κ1) is 22.3. The van der Waals surface area contributed by atoms with Crippen LogP contribution in [0.25, 0.3) is 0 Å². The third-order valence-electron chi connectivity index (χ3n) is 4.31. The number of aryl methyl sites for hydroxylation is 1. The van der Waals surface area contributed by atoms with Crippen molar-refractivity contribution in [1.82, 2.24) is 5.32 Å². The van der Waals surface area contributed by atoms with Gasteiger partial charge in [-0.05, 0) is 55.7 Å². The monoisotopic (exact) mass is 399 g/mol. The Labute approximate surface area is 172 Å². The average Bonchev–Trinajstić information content (AvgIpc) is 2.73. The second kappa shape index (κ2) is 11.7. The largest absolute Gasteiger partial charge is 0.494 e. The minimum Gasteiger partial charge on any atom is -0.494 e. The zero-order valence-corrected chi connectivity index (χ0v) is 17.3. The molecule has 1 atom stereocenters. The molecule has 156 valence electrons. The number of amides is 1. The van der Waals surface area contributed by atoms with Gasteiger partial charge in [0.05, 0.1) is 25.7 Å². The lowest BCUT2D eigenvalue weighted by atomic mass is 10.0.